The molecule has 2 aromatic rings. The number of carboxylic acid groups (broad SMARTS) is 1. The van der Waals surface area contributed by atoms with E-state index < -0.39 is 5.97 Å². The Hall–Kier alpha value is -1.69. The molecule has 0 aliphatic rings. The second kappa shape index (κ2) is 4.67. The first-order chi connectivity index (χ1) is 8.11. The van der Waals surface area contributed by atoms with Crippen LogP contribution in [0.15, 0.2) is 34.9 Å². The van der Waals surface area contributed by atoms with Crippen LogP contribution in [0.3, 0.4) is 0 Å². The normalized spacial score (nSPS) is 12.4. The van der Waals surface area contributed by atoms with Crippen molar-refractivity contribution >= 4 is 21.9 Å². The topological polar surface area (TPSA) is 68.0 Å². The Morgan fingerprint density at radius 2 is 2.06 bits per heavy atom. The molecule has 1 heterocycles. The molecular formula is C11H10BrN3O2. The highest BCUT2D eigenvalue weighted by atomic mass is 79.9. The summed E-state index contributed by atoms with van der Waals surface area (Å²) in [6.07, 6.45) is 0. The van der Waals surface area contributed by atoms with Crippen molar-refractivity contribution in [2.45, 2.75) is 13.0 Å². The molecule has 2 rings (SSSR count). The molecule has 1 aromatic heterocycles. The fourth-order valence-corrected chi connectivity index (χ4v) is 2.03. The Balaban J connectivity index is 2.45. The van der Waals surface area contributed by atoms with Crippen molar-refractivity contribution < 1.29 is 9.90 Å². The monoisotopic (exact) mass is 295 g/mol. The summed E-state index contributed by atoms with van der Waals surface area (Å²) in [6.45, 7) is 1.88. The molecule has 0 fully saturated rings. The molecule has 0 unspecified atom stereocenters. The Morgan fingerprint density at radius 3 is 2.65 bits per heavy atom. The number of carbonyl (C=O) groups is 1. The smallest absolute Gasteiger partial charge is 0.357 e. The van der Waals surface area contributed by atoms with Gasteiger partial charge in [0.15, 0.2) is 10.3 Å². The highest BCUT2D eigenvalue weighted by molar-refractivity contribution is 9.10. The van der Waals surface area contributed by atoms with Gasteiger partial charge in [0.05, 0.1) is 6.04 Å². The SMILES string of the molecule is C[C@H](c1ccccc1)n1nnc(Br)c1C(=O)O. The zero-order chi connectivity index (χ0) is 12.4. The number of aromatic nitrogens is 3. The summed E-state index contributed by atoms with van der Waals surface area (Å²) in [7, 11) is 0. The molecule has 88 valence electrons. The number of carboxylic acids is 1. The summed E-state index contributed by atoms with van der Waals surface area (Å²) in [5.74, 6) is -1.05. The minimum Gasteiger partial charge on any atom is -0.476 e. The zero-order valence-corrected chi connectivity index (χ0v) is 10.6. The van der Waals surface area contributed by atoms with Gasteiger partial charge in [-0.05, 0) is 28.4 Å². The molecule has 0 bridgehead atoms. The van der Waals surface area contributed by atoms with E-state index in [-0.39, 0.29) is 16.3 Å². The molecule has 17 heavy (non-hydrogen) atoms. The number of benzene rings is 1. The summed E-state index contributed by atoms with van der Waals surface area (Å²) in [5, 5.41) is 16.7. The molecule has 5 nitrogen and oxygen atoms in total. The van der Waals surface area contributed by atoms with E-state index in [9.17, 15) is 4.79 Å². The largest absolute Gasteiger partial charge is 0.476 e. The van der Waals surface area contributed by atoms with E-state index in [1.165, 1.54) is 4.68 Å². The minimum atomic E-state index is -1.05. The first kappa shape index (κ1) is 11.8. The molecule has 6 heteroatoms. The second-order valence-electron chi connectivity index (χ2n) is 3.57. The average molecular weight is 296 g/mol. The van der Waals surface area contributed by atoms with Gasteiger partial charge in [0.1, 0.15) is 0 Å². The van der Waals surface area contributed by atoms with E-state index in [0.29, 0.717) is 0 Å². The molecule has 0 radical (unpaired) electrons. The lowest BCUT2D eigenvalue weighted by atomic mass is 10.1. The number of nitrogens with zero attached hydrogens (tertiary/aromatic N) is 3. The van der Waals surface area contributed by atoms with Gasteiger partial charge in [-0.25, -0.2) is 9.48 Å². The van der Waals surface area contributed by atoms with Crippen molar-refractivity contribution in [3.8, 4) is 0 Å². The number of halogens is 1. The third-order valence-corrected chi connectivity index (χ3v) is 3.04. The van der Waals surface area contributed by atoms with Crippen LogP contribution < -0.4 is 0 Å². The van der Waals surface area contributed by atoms with Crippen LogP contribution in [-0.2, 0) is 0 Å². The second-order valence-corrected chi connectivity index (χ2v) is 4.32. The van der Waals surface area contributed by atoms with Crippen LogP contribution in [-0.4, -0.2) is 26.1 Å². The van der Waals surface area contributed by atoms with Crippen LogP contribution in [0.2, 0.25) is 0 Å². The summed E-state index contributed by atoms with van der Waals surface area (Å²) in [4.78, 5) is 11.1. The van der Waals surface area contributed by atoms with E-state index >= 15 is 0 Å². The fourth-order valence-electron chi connectivity index (χ4n) is 1.60. The lowest BCUT2D eigenvalue weighted by Crippen LogP contribution is -2.15. The Morgan fingerprint density at radius 1 is 1.41 bits per heavy atom. The third kappa shape index (κ3) is 2.21. The summed E-state index contributed by atoms with van der Waals surface area (Å²) < 4.78 is 1.63. The molecule has 0 spiro atoms. The Labute approximate surface area is 106 Å². The molecule has 1 atom stereocenters. The maximum atomic E-state index is 11.1. The van der Waals surface area contributed by atoms with Crippen LogP contribution in [0.25, 0.3) is 0 Å². The molecule has 1 N–H and O–H groups in total. The van der Waals surface area contributed by atoms with Gasteiger partial charge in [0, 0.05) is 0 Å². The van der Waals surface area contributed by atoms with Crippen molar-refractivity contribution in [1.82, 2.24) is 15.0 Å². The molecular weight excluding hydrogens is 286 g/mol. The van der Waals surface area contributed by atoms with Gasteiger partial charge in [0.2, 0.25) is 0 Å². The van der Waals surface area contributed by atoms with Gasteiger partial charge >= 0.3 is 5.97 Å². The summed E-state index contributed by atoms with van der Waals surface area (Å²) in [6, 6.07) is 9.38. The lowest BCUT2D eigenvalue weighted by Gasteiger charge is -2.13. The van der Waals surface area contributed by atoms with Gasteiger partial charge in [-0.3, -0.25) is 0 Å². The van der Waals surface area contributed by atoms with E-state index in [1.54, 1.807) is 0 Å². The van der Waals surface area contributed by atoms with Crippen LogP contribution in [0, 0.1) is 0 Å². The van der Waals surface area contributed by atoms with Gasteiger partial charge in [-0.2, -0.15) is 0 Å². The van der Waals surface area contributed by atoms with Crippen LogP contribution >= 0.6 is 15.9 Å². The number of aromatic carboxylic acids is 1. The average Bonchev–Trinajstić information content (AvgIpc) is 2.71. The quantitative estimate of drug-likeness (QED) is 0.944. The van der Waals surface area contributed by atoms with Crippen LogP contribution in [0.4, 0.5) is 0 Å². The predicted molar refractivity (Wildman–Crippen MR) is 64.9 cm³/mol. The van der Waals surface area contributed by atoms with Gasteiger partial charge in [-0.15, -0.1) is 5.10 Å². The highest BCUT2D eigenvalue weighted by Crippen LogP contribution is 2.22. The Kier molecular flexibility index (Phi) is 3.23. The van der Waals surface area contributed by atoms with Crippen molar-refractivity contribution in [2.24, 2.45) is 0 Å². The van der Waals surface area contributed by atoms with Gasteiger partial charge in [0.25, 0.3) is 0 Å². The van der Waals surface area contributed by atoms with E-state index in [2.05, 4.69) is 26.2 Å². The van der Waals surface area contributed by atoms with Crippen molar-refractivity contribution in [3.63, 3.8) is 0 Å². The molecule has 0 aliphatic heterocycles. The van der Waals surface area contributed by atoms with Crippen molar-refractivity contribution in [1.29, 1.82) is 0 Å². The molecule has 0 amide bonds. The van der Waals surface area contributed by atoms with Gasteiger partial charge < -0.3 is 5.11 Å². The molecule has 0 saturated heterocycles. The number of hydrogen-bond acceptors (Lipinski definition) is 3. The third-order valence-electron chi connectivity index (χ3n) is 2.50. The van der Waals surface area contributed by atoms with E-state index in [4.69, 9.17) is 5.11 Å². The van der Waals surface area contributed by atoms with Crippen LogP contribution in [0.1, 0.15) is 29.0 Å². The van der Waals surface area contributed by atoms with Crippen LogP contribution in [0.5, 0.6) is 0 Å². The minimum absolute atomic E-state index is 0.0568. The highest BCUT2D eigenvalue weighted by Gasteiger charge is 2.22. The van der Waals surface area contributed by atoms with Gasteiger partial charge in [-0.1, -0.05) is 35.5 Å². The Bertz CT molecular complexity index is 539. The first-order valence-electron chi connectivity index (χ1n) is 5.00. The van der Waals surface area contributed by atoms with E-state index in [0.717, 1.165) is 5.56 Å². The maximum absolute atomic E-state index is 11.1. The molecule has 0 aliphatic carbocycles. The zero-order valence-electron chi connectivity index (χ0n) is 9.04. The summed E-state index contributed by atoms with van der Waals surface area (Å²) >= 11 is 3.08. The summed E-state index contributed by atoms with van der Waals surface area (Å²) in [5.41, 5.74) is 1.04. The van der Waals surface area contributed by atoms with E-state index in [1.807, 2.05) is 37.3 Å². The maximum Gasteiger partial charge on any atom is 0.357 e. The molecule has 1 aromatic carbocycles. The predicted octanol–water partition coefficient (Wildman–Crippen LogP) is 2.35. The van der Waals surface area contributed by atoms with Crippen molar-refractivity contribution in [3.05, 3.63) is 46.2 Å². The molecule has 0 saturated carbocycles. The number of hydrogen-bond donors (Lipinski definition) is 1. The van der Waals surface area contributed by atoms with Crippen molar-refractivity contribution in [2.75, 3.05) is 0 Å². The lowest BCUT2D eigenvalue weighted by molar-refractivity contribution is 0.0681. The standard InChI is InChI=1S/C11H10BrN3O2/c1-7(8-5-3-2-4-6-8)15-9(11(16)17)10(12)13-14-15/h2-7H,1H3,(H,16,17)/t7-/m1/s1. The fraction of sp³-hybridized carbons (Fsp3) is 0.182. The first-order valence-corrected chi connectivity index (χ1v) is 5.79. The number of rotatable bonds is 3.